The van der Waals surface area contributed by atoms with E-state index in [2.05, 4.69) is 26.1 Å². The zero-order chi connectivity index (χ0) is 12.8. The molecule has 1 saturated heterocycles. The van der Waals surface area contributed by atoms with Gasteiger partial charge in [-0.1, -0.05) is 13.8 Å². The first-order valence-corrected chi connectivity index (χ1v) is 6.68. The van der Waals surface area contributed by atoms with Crippen LogP contribution >= 0.6 is 0 Å². The number of nitrogens with one attached hydrogen (secondary N) is 1. The van der Waals surface area contributed by atoms with Crippen LogP contribution in [0.5, 0.6) is 0 Å². The molecule has 4 heteroatoms. The molecule has 1 amide bonds. The van der Waals surface area contributed by atoms with E-state index in [0.29, 0.717) is 12.5 Å². The number of amides is 1. The van der Waals surface area contributed by atoms with Crippen molar-refractivity contribution in [2.45, 2.75) is 64.7 Å². The summed E-state index contributed by atoms with van der Waals surface area (Å²) in [4.78, 5) is 11.9. The lowest BCUT2D eigenvalue weighted by Gasteiger charge is -2.18. The van der Waals surface area contributed by atoms with Crippen LogP contribution in [0.2, 0.25) is 0 Å². The molecule has 0 bridgehead atoms. The molecule has 0 spiro atoms. The average Bonchev–Trinajstić information content (AvgIpc) is 2.74. The number of nitrogens with two attached hydrogens (primary N) is 1. The largest absolute Gasteiger partial charge is 0.364 e. The zero-order valence-corrected chi connectivity index (χ0v) is 11.2. The molecule has 1 aliphatic rings. The van der Waals surface area contributed by atoms with E-state index >= 15 is 0 Å². The Labute approximate surface area is 104 Å². The second-order valence-corrected chi connectivity index (χ2v) is 5.44. The third-order valence-electron chi connectivity index (χ3n) is 3.23. The molecule has 17 heavy (non-hydrogen) atoms. The maximum absolute atomic E-state index is 11.9. The Morgan fingerprint density at radius 3 is 2.59 bits per heavy atom. The molecule has 0 saturated carbocycles. The van der Waals surface area contributed by atoms with Gasteiger partial charge in [-0.3, -0.25) is 4.79 Å². The van der Waals surface area contributed by atoms with Crippen LogP contribution < -0.4 is 11.1 Å². The highest BCUT2D eigenvalue weighted by Crippen LogP contribution is 2.19. The van der Waals surface area contributed by atoms with Crippen molar-refractivity contribution in [3.05, 3.63) is 0 Å². The van der Waals surface area contributed by atoms with Crippen molar-refractivity contribution in [1.29, 1.82) is 0 Å². The van der Waals surface area contributed by atoms with Crippen LogP contribution in [0.4, 0.5) is 0 Å². The normalized spacial score (nSPS) is 26.2. The molecule has 0 aliphatic carbocycles. The minimum atomic E-state index is -0.287. The summed E-state index contributed by atoms with van der Waals surface area (Å²) in [5, 5.41) is 3.02. The van der Waals surface area contributed by atoms with Crippen molar-refractivity contribution < 1.29 is 9.53 Å². The third-order valence-corrected chi connectivity index (χ3v) is 3.23. The van der Waals surface area contributed by atoms with Crippen LogP contribution in [-0.2, 0) is 9.53 Å². The molecule has 1 fully saturated rings. The molecule has 1 rings (SSSR count). The predicted molar refractivity (Wildman–Crippen MR) is 68.6 cm³/mol. The van der Waals surface area contributed by atoms with Gasteiger partial charge in [0.1, 0.15) is 6.10 Å². The van der Waals surface area contributed by atoms with E-state index in [1.807, 2.05) is 0 Å². The second kappa shape index (κ2) is 6.97. The Hall–Kier alpha value is -0.610. The molecular formula is C13H26N2O2. The van der Waals surface area contributed by atoms with Crippen molar-refractivity contribution in [2.75, 3.05) is 6.54 Å². The molecule has 100 valence electrons. The summed E-state index contributed by atoms with van der Waals surface area (Å²) >= 11 is 0. The molecule has 4 nitrogen and oxygen atoms in total. The smallest absolute Gasteiger partial charge is 0.249 e. The number of rotatable bonds is 6. The van der Waals surface area contributed by atoms with Crippen molar-refractivity contribution in [1.82, 2.24) is 5.32 Å². The van der Waals surface area contributed by atoms with E-state index in [-0.39, 0.29) is 24.2 Å². The number of hydrogen-bond acceptors (Lipinski definition) is 3. The van der Waals surface area contributed by atoms with Crippen LogP contribution in [0.25, 0.3) is 0 Å². The SMILES string of the molecule is CC(C)CCC(C)NC(=O)[C@@H]1CC[C@H](CN)O1. The van der Waals surface area contributed by atoms with Gasteiger partial charge >= 0.3 is 0 Å². The highest BCUT2D eigenvalue weighted by atomic mass is 16.5. The summed E-state index contributed by atoms with van der Waals surface area (Å²) < 4.78 is 5.56. The Balaban J connectivity index is 2.24. The van der Waals surface area contributed by atoms with E-state index in [1.54, 1.807) is 0 Å². The number of ether oxygens (including phenoxy) is 1. The summed E-state index contributed by atoms with van der Waals surface area (Å²) in [7, 11) is 0. The van der Waals surface area contributed by atoms with E-state index in [4.69, 9.17) is 10.5 Å². The fourth-order valence-corrected chi connectivity index (χ4v) is 2.06. The molecule has 0 radical (unpaired) electrons. The highest BCUT2D eigenvalue weighted by Gasteiger charge is 2.30. The van der Waals surface area contributed by atoms with Crippen LogP contribution in [-0.4, -0.2) is 30.7 Å². The molecule has 1 heterocycles. The second-order valence-electron chi connectivity index (χ2n) is 5.44. The standard InChI is InChI=1S/C13H26N2O2/c1-9(2)4-5-10(3)15-13(16)12-7-6-11(8-14)17-12/h9-12H,4-8,14H2,1-3H3,(H,15,16)/t10?,11-,12+/m1/s1. The Morgan fingerprint density at radius 1 is 1.35 bits per heavy atom. The van der Waals surface area contributed by atoms with Crippen LogP contribution in [0.1, 0.15) is 46.5 Å². The predicted octanol–water partition coefficient (Wildman–Crippen LogP) is 1.43. The maximum Gasteiger partial charge on any atom is 0.249 e. The summed E-state index contributed by atoms with van der Waals surface area (Å²) in [6, 6.07) is 0.227. The fraction of sp³-hybridized carbons (Fsp3) is 0.923. The molecule has 0 aromatic rings. The lowest BCUT2D eigenvalue weighted by Crippen LogP contribution is -2.40. The zero-order valence-electron chi connectivity index (χ0n) is 11.2. The highest BCUT2D eigenvalue weighted by molar-refractivity contribution is 5.81. The minimum absolute atomic E-state index is 0.0252. The quantitative estimate of drug-likeness (QED) is 0.740. The lowest BCUT2D eigenvalue weighted by molar-refractivity contribution is -0.132. The van der Waals surface area contributed by atoms with Gasteiger partial charge in [-0.25, -0.2) is 0 Å². The molecule has 1 aliphatic heterocycles. The Bertz CT molecular complexity index is 244. The molecular weight excluding hydrogens is 216 g/mol. The molecule has 0 aromatic heterocycles. The topological polar surface area (TPSA) is 64.4 Å². The van der Waals surface area contributed by atoms with E-state index < -0.39 is 0 Å². The van der Waals surface area contributed by atoms with Gasteiger partial charge in [-0.15, -0.1) is 0 Å². The summed E-state index contributed by atoms with van der Waals surface area (Å²) in [5.41, 5.74) is 5.52. The molecule has 3 atom stereocenters. The van der Waals surface area contributed by atoms with E-state index in [1.165, 1.54) is 0 Å². The van der Waals surface area contributed by atoms with Gasteiger partial charge in [0.25, 0.3) is 0 Å². The van der Waals surface area contributed by atoms with Gasteiger partial charge < -0.3 is 15.8 Å². The van der Waals surface area contributed by atoms with Crippen molar-refractivity contribution in [3.63, 3.8) is 0 Å². The van der Waals surface area contributed by atoms with Crippen LogP contribution in [0.3, 0.4) is 0 Å². The van der Waals surface area contributed by atoms with E-state index in [9.17, 15) is 4.79 Å². The van der Waals surface area contributed by atoms with Gasteiger partial charge in [0, 0.05) is 12.6 Å². The number of hydrogen-bond donors (Lipinski definition) is 2. The van der Waals surface area contributed by atoms with Crippen molar-refractivity contribution in [2.24, 2.45) is 11.7 Å². The molecule has 1 unspecified atom stereocenters. The number of carbonyl (C=O) groups is 1. The van der Waals surface area contributed by atoms with Gasteiger partial charge in [-0.05, 0) is 38.5 Å². The maximum atomic E-state index is 11.9. The third kappa shape index (κ3) is 5.04. The fourth-order valence-electron chi connectivity index (χ4n) is 2.06. The van der Waals surface area contributed by atoms with E-state index in [0.717, 1.165) is 25.7 Å². The van der Waals surface area contributed by atoms with Gasteiger partial charge in [0.2, 0.25) is 5.91 Å². The van der Waals surface area contributed by atoms with Crippen LogP contribution in [0, 0.1) is 5.92 Å². The lowest BCUT2D eigenvalue weighted by atomic mass is 10.0. The van der Waals surface area contributed by atoms with Crippen LogP contribution in [0.15, 0.2) is 0 Å². The average molecular weight is 242 g/mol. The monoisotopic (exact) mass is 242 g/mol. The first kappa shape index (κ1) is 14.5. The summed E-state index contributed by atoms with van der Waals surface area (Å²) in [6.07, 6.45) is 3.63. The van der Waals surface area contributed by atoms with Gasteiger partial charge in [0.05, 0.1) is 6.10 Å². The van der Waals surface area contributed by atoms with Gasteiger partial charge in [-0.2, -0.15) is 0 Å². The Morgan fingerprint density at radius 2 is 2.06 bits per heavy atom. The molecule has 0 aromatic carbocycles. The summed E-state index contributed by atoms with van der Waals surface area (Å²) in [6.45, 7) is 6.95. The minimum Gasteiger partial charge on any atom is -0.364 e. The first-order chi connectivity index (χ1) is 8.02. The number of carbonyl (C=O) groups excluding carboxylic acids is 1. The first-order valence-electron chi connectivity index (χ1n) is 6.68. The van der Waals surface area contributed by atoms with Crippen molar-refractivity contribution >= 4 is 5.91 Å². The summed E-state index contributed by atoms with van der Waals surface area (Å²) in [5.74, 6) is 0.705. The molecule has 3 N–H and O–H groups in total. The Kier molecular flexibility index (Phi) is 5.92. The van der Waals surface area contributed by atoms with Gasteiger partial charge in [0.15, 0.2) is 0 Å². The van der Waals surface area contributed by atoms with Crippen molar-refractivity contribution in [3.8, 4) is 0 Å².